The number of hydrogen-bond donors (Lipinski definition) is 0. The largest absolute Gasteiger partial charge is 0.253 e. The quantitative estimate of drug-likeness (QED) is 0.524. The Bertz CT molecular complexity index is 299. The summed E-state index contributed by atoms with van der Waals surface area (Å²) >= 11 is 1.44. The van der Waals surface area contributed by atoms with E-state index in [-0.39, 0.29) is 0 Å². The van der Waals surface area contributed by atoms with Crippen LogP contribution in [0.3, 0.4) is 0 Å². The van der Waals surface area contributed by atoms with Crippen LogP contribution in [0.4, 0.5) is 0 Å². The van der Waals surface area contributed by atoms with Crippen molar-refractivity contribution in [1.29, 1.82) is 0 Å². The van der Waals surface area contributed by atoms with Crippen LogP contribution in [-0.4, -0.2) is 23.3 Å². The van der Waals surface area contributed by atoms with Gasteiger partial charge in [0.15, 0.2) is 5.01 Å². The first-order valence-corrected chi connectivity index (χ1v) is 4.17. The average Bonchev–Trinajstić information content (AvgIpc) is 2.59. The molecule has 0 saturated carbocycles. The topological polar surface area (TPSA) is 50.5 Å². The Hall–Kier alpha value is -1.36. The average molecular weight is 180 g/mol. The summed E-state index contributed by atoms with van der Waals surface area (Å²) in [5.41, 5.74) is 2.43. The maximum atomic E-state index is 4.02. The first-order chi connectivity index (χ1) is 5.88. The third kappa shape index (κ3) is 2.06. The van der Waals surface area contributed by atoms with Crippen molar-refractivity contribution >= 4 is 30.1 Å². The Labute approximate surface area is 74.4 Å². The van der Waals surface area contributed by atoms with Crippen LogP contribution in [-0.2, 0) is 0 Å². The van der Waals surface area contributed by atoms with Crippen LogP contribution < -0.4 is 0 Å². The first-order valence-electron chi connectivity index (χ1n) is 3.29. The van der Waals surface area contributed by atoms with Crippen LogP contribution in [0.25, 0.3) is 5.70 Å². The van der Waals surface area contributed by atoms with Gasteiger partial charge in [-0.25, -0.2) is 4.99 Å². The third-order valence-corrected chi connectivity index (χ3v) is 1.84. The van der Waals surface area contributed by atoms with Crippen LogP contribution in [0, 0.1) is 0 Å². The maximum absolute atomic E-state index is 4.02. The van der Waals surface area contributed by atoms with Crippen LogP contribution >= 0.6 is 11.3 Å². The van der Waals surface area contributed by atoms with Gasteiger partial charge in [0.25, 0.3) is 0 Å². The second-order valence-corrected chi connectivity index (χ2v) is 2.68. The highest BCUT2D eigenvalue weighted by atomic mass is 32.1. The smallest absolute Gasteiger partial charge is 0.165 e. The van der Waals surface area contributed by atoms with Crippen molar-refractivity contribution in [2.75, 3.05) is 0 Å². The van der Waals surface area contributed by atoms with E-state index < -0.39 is 0 Å². The molecule has 62 valence electrons. The molecule has 0 unspecified atom stereocenters. The zero-order valence-corrected chi connectivity index (χ0v) is 7.45. The van der Waals surface area contributed by atoms with Crippen molar-refractivity contribution < 1.29 is 0 Å². The minimum Gasteiger partial charge on any atom is -0.253 e. The van der Waals surface area contributed by atoms with E-state index >= 15 is 0 Å². The molecule has 1 aromatic rings. The molecule has 1 rings (SSSR count). The second kappa shape index (κ2) is 4.50. The van der Waals surface area contributed by atoms with E-state index in [2.05, 4.69) is 26.9 Å². The number of allylic oxidation sites excluding steroid dienone is 1. The SMILES string of the molecule is C=NC=N/C(=C\C)c1nncs1. The minimum absolute atomic E-state index is 0.768. The molecule has 0 saturated heterocycles. The van der Waals surface area contributed by atoms with E-state index in [9.17, 15) is 0 Å². The lowest BCUT2D eigenvalue weighted by molar-refractivity contribution is 1.07. The van der Waals surface area contributed by atoms with E-state index in [1.165, 1.54) is 17.7 Å². The Morgan fingerprint density at radius 1 is 1.75 bits per heavy atom. The Morgan fingerprint density at radius 3 is 3.08 bits per heavy atom. The summed E-state index contributed by atoms with van der Waals surface area (Å²) in [5, 5.41) is 8.36. The van der Waals surface area contributed by atoms with Crippen LogP contribution in [0.5, 0.6) is 0 Å². The van der Waals surface area contributed by atoms with Crippen LogP contribution in [0.1, 0.15) is 11.9 Å². The number of aromatic nitrogens is 2. The van der Waals surface area contributed by atoms with Gasteiger partial charge >= 0.3 is 0 Å². The van der Waals surface area contributed by atoms with E-state index in [4.69, 9.17) is 0 Å². The van der Waals surface area contributed by atoms with Gasteiger partial charge in [-0.15, -0.1) is 10.2 Å². The molecule has 0 aromatic carbocycles. The Morgan fingerprint density at radius 2 is 2.58 bits per heavy atom. The van der Waals surface area contributed by atoms with Crippen molar-refractivity contribution in [2.45, 2.75) is 6.92 Å². The molecular formula is C7H8N4S. The minimum atomic E-state index is 0.768. The fourth-order valence-corrected chi connectivity index (χ4v) is 1.22. The molecular weight excluding hydrogens is 172 g/mol. The summed E-state index contributed by atoms with van der Waals surface area (Å²) in [6.07, 6.45) is 3.24. The second-order valence-electron chi connectivity index (χ2n) is 1.84. The molecule has 0 radical (unpaired) electrons. The number of nitrogens with zero attached hydrogens (tertiary/aromatic N) is 4. The highest BCUT2D eigenvalue weighted by molar-refractivity contribution is 7.10. The van der Waals surface area contributed by atoms with Gasteiger partial charge < -0.3 is 0 Å². The predicted molar refractivity (Wildman–Crippen MR) is 51.6 cm³/mol. The Kier molecular flexibility index (Phi) is 3.28. The van der Waals surface area contributed by atoms with Gasteiger partial charge in [-0.2, -0.15) is 0 Å². The number of hydrogen-bond acceptors (Lipinski definition) is 4. The standard InChI is InChI=1S/C7H8N4S/c1-3-6(9-4-8-2)7-11-10-5-12-7/h3-5H,2H2,1H3/b6-3-,9-4?. The van der Waals surface area contributed by atoms with Crippen molar-refractivity contribution in [1.82, 2.24) is 10.2 Å². The van der Waals surface area contributed by atoms with Gasteiger partial charge in [0.2, 0.25) is 0 Å². The zero-order valence-electron chi connectivity index (χ0n) is 6.64. The predicted octanol–water partition coefficient (Wildman–Crippen LogP) is 1.63. The van der Waals surface area contributed by atoms with E-state index in [1.807, 2.05) is 13.0 Å². The molecule has 0 atom stereocenters. The molecule has 0 aliphatic rings. The van der Waals surface area contributed by atoms with E-state index in [1.54, 1.807) is 5.51 Å². The van der Waals surface area contributed by atoms with Crippen molar-refractivity contribution in [3.05, 3.63) is 16.6 Å². The fraction of sp³-hybridized carbons (Fsp3) is 0.143. The summed E-state index contributed by atoms with van der Waals surface area (Å²) in [7, 11) is 0. The molecule has 12 heavy (non-hydrogen) atoms. The molecule has 4 nitrogen and oxygen atoms in total. The monoisotopic (exact) mass is 180 g/mol. The molecule has 1 aromatic heterocycles. The first kappa shape index (κ1) is 8.73. The van der Waals surface area contributed by atoms with Gasteiger partial charge in [-0.3, -0.25) is 4.99 Å². The summed E-state index contributed by atoms with van der Waals surface area (Å²) in [6, 6.07) is 0. The van der Waals surface area contributed by atoms with Crippen molar-refractivity contribution in [2.24, 2.45) is 9.98 Å². The van der Waals surface area contributed by atoms with Gasteiger partial charge in [0.05, 0.1) is 5.70 Å². The highest BCUT2D eigenvalue weighted by Gasteiger charge is 2.00. The van der Waals surface area contributed by atoms with E-state index in [0.717, 1.165) is 10.7 Å². The molecule has 0 amide bonds. The normalized spacial score (nSPS) is 12.2. The van der Waals surface area contributed by atoms with Gasteiger partial charge in [0.1, 0.15) is 11.8 Å². The third-order valence-electron chi connectivity index (χ3n) is 1.13. The van der Waals surface area contributed by atoms with Gasteiger partial charge in [-0.1, -0.05) is 17.4 Å². The molecule has 0 fully saturated rings. The Balaban J connectivity index is 2.85. The van der Waals surface area contributed by atoms with Crippen molar-refractivity contribution in [3.8, 4) is 0 Å². The fourth-order valence-electron chi connectivity index (χ4n) is 0.641. The molecule has 0 N–H and O–H groups in total. The molecule has 5 heteroatoms. The molecule has 0 aliphatic heterocycles. The summed E-state index contributed by atoms with van der Waals surface area (Å²) in [4.78, 5) is 7.53. The zero-order chi connectivity index (χ0) is 8.81. The lowest BCUT2D eigenvalue weighted by Gasteiger charge is -1.90. The molecule has 0 aliphatic carbocycles. The number of aliphatic imine (C=N–C) groups is 2. The summed E-state index contributed by atoms with van der Waals surface area (Å²) in [5.74, 6) is 0. The summed E-state index contributed by atoms with van der Waals surface area (Å²) in [6.45, 7) is 5.18. The van der Waals surface area contributed by atoms with E-state index in [0.29, 0.717) is 0 Å². The van der Waals surface area contributed by atoms with Gasteiger partial charge in [-0.05, 0) is 13.6 Å². The maximum Gasteiger partial charge on any atom is 0.165 e. The molecule has 0 spiro atoms. The molecule has 0 bridgehead atoms. The number of rotatable bonds is 3. The van der Waals surface area contributed by atoms with Gasteiger partial charge in [0, 0.05) is 0 Å². The lowest BCUT2D eigenvalue weighted by Crippen LogP contribution is -1.79. The van der Waals surface area contributed by atoms with Crippen LogP contribution in [0.2, 0.25) is 0 Å². The molecule has 1 heterocycles. The van der Waals surface area contributed by atoms with Crippen molar-refractivity contribution in [3.63, 3.8) is 0 Å². The lowest BCUT2D eigenvalue weighted by atomic mass is 10.4. The van der Waals surface area contributed by atoms with Crippen LogP contribution in [0.15, 0.2) is 21.6 Å². The highest BCUT2D eigenvalue weighted by Crippen LogP contribution is 2.15. The summed E-state index contributed by atoms with van der Waals surface area (Å²) < 4.78 is 0.